The Morgan fingerprint density at radius 1 is 1.29 bits per heavy atom. The molecule has 1 heterocycles. The van der Waals surface area contributed by atoms with Gasteiger partial charge in [0, 0.05) is 29.4 Å². The average molecular weight is 301 g/mol. The Morgan fingerprint density at radius 2 is 2.10 bits per heavy atom. The largest absolute Gasteiger partial charge is 0.398 e. The molecule has 1 aliphatic heterocycles. The molecule has 2 aromatic carbocycles. The van der Waals surface area contributed by atoms with Gasteiger partial charge in [-0.1, -0.05) is 23.7 Å². The quantitative estimate of drug-likeness (QED) is 0.820. The molecule has 0 saturated heterocycles. The Balaban J connectivity index is 1.87. The standard InChI is InChI=1S/C17H17ClN2O/c1-11-7-13(9-14(18)8-11)17(21)20-6-5-15-12(10-20)3-2-4-16(15)19/h2-4,7-9H,5-6,10,19H2,1H3. The zero-order chi connectivity index (χ0) is 15.0. The second kappa shape index (κ2) is 5.41. The topological polar surface area (TPSA) is 46.3 Å². The van der Waals surface area contributed by atoms with Crippen LogP contribution in [0.1, 0.15) is 27.0 Å². The summed E-state index contributed by atoms with van der Waals surface area (Å²) in [6, 6.07) is 11.3. The van der Waals surface area contributed by atoms with Gasteiger partial charge in [0.1, 0.15) is 0 Å². The lowest BCUT2D eigenvalue weighted by molar-refractivity contribution is 0.0735. The third kappa shape index (κ3) is 2.74. The average Bonchev–Trinajstić information content (AvgIpc) is 2.45. The molecular weight excluding hydrogens is 284 g/mol. The van der Waals surface area contributed by atoms with Gasteiger partial charge >= 0.3 is 0 Å². The molecule has 0 aromatic heterocycles. The summed E-state index contributed by atoms with van der Waals surface area (Å²) >= 11 is 6.05. The lowest BCUT2D eigenvalue weighted by Crippen LogP contribution is -2.36. The molecule has 0 bridgehead atoms. The van der Waals surface area contributed by atoms with Crippen LogP contribution in [0.2, 0.25) is 5.02 Å². The van der Waals surface area contributed by atoms with Crippen LogP contribution in [0.3, 0.4) is 0 Å². The van der Waals surface area contributed by atoms with Crippen LogP contribution < -0.4 is 5.73 Å². The van der Waals surface area contributed by atoms with Crippen LogP contribution >= 0.6 is 11.6 Å². The van der Waals surface area contributed by atoms with Crippen molar-refractivity contribution >= 4 is 23.2 Å². The Bertz CT molecular complexity index is 692. The maximum absolute atomic E-state index is 12.6. The van der Waals surface area contributed by atoms with Crippen LogP contribution in [0.5, 0.6) is 0 Å². The van der Waals surface area contributed by atoms with Crippen LogP contribution in [0.15, 0.2) is 36.4 Å². The summed E-state index contributed by atoms with van der Waals surface area (Å²) in [4.78, 5) is 14.5. The Labute approximate surface area is 129 Å². The van der Waals surface area contributed by atoms with Crippen molar-refractivity contribution in [2.45, 2.75) is 19.9 Å². The van der Waals surface area contributed by atoms with Gasteiger partial charge in [0.15, 0.2) is 0 Å². The summed E-state index contributed by atoms with van der Waals surface area (Å²) in [6.07, 6.45) is 0.799. The minimum absolute atomic E-state index is 0.0219. The fourth-order valence-electron chi connectivity index (χ4n) is 2.85. The zero-order valence-electron chi connectivity index (χ0n) is 11.9. The van der Waals surface area contributed by atoms with Crippen molar-refractivity contribution < 1.29 is 4.79 Å². The van der Waals surface area contributed by atoms with E-state index < -0.39 is 0 Å². The minimum Gasteiger partial charge on any atom is -0.398 e. The lowest BCUT2D eigenvalue weighted by atomic mass is 9.97. The van der Waals surface area contributed by atoms with Crippen molar-refractivity contribution in [3.8, 4) is 0 Å². The molecule has 0 unspecified atom stereocenters. The predicted octanol–water partition coefficient (Wildman–Crippen LogP) is 3.43. The molecule has 3 rings (SSSR count). The molecule has 4 heteroatoms. The van der Waals surface area contributed by atoms with E-state index in [2.05, 4.69) is 0 Å². The number of carbonyl (C=O) groups is 1. The van der Waals surface area contributed by atoms with Crippen molar-refractivity contribution in [3.05, 3.63) is 63.7 Å². The third-order valence-corrected chi connectivity index (χ3v) is 4.10. The van der Waals surface area contributed by atoms with Gasteiger partial charge < -0.3 is 10.6 Å². The summed E-state index contributed by atoms with van der Waals surface area (Å²) in [5.41, 5.74) is 10.8. The summed E-state index contributed by atoms with van der Waals surface area (Å²) in [5.74, 6) is 0.0219. The molecule has 0 radical (unpaired) electrons. The fraction of sp³-hybridized carbons (Fsp3) is 0.235. The number of nitrogens with two attached hydrogens (primary N) is 1. The molecule has 0 atom stereocenters. The second-order valence-electron chi connectivity index (χ2n) is 5.48. The molecule has 0 fully saturated rings. The summed E-state index contributed by atoms with van der Waals surface area (Å²) in [7, 11) is 0. The van der Waals surface area contributed by atoms with Gasteiger partial charge in [0.2, 0.25) is 0 Å². The Kier molecular flexibility index (Phi) is 3.60. The summed E-state index contributed by atoms with van der Waals surface area (Å²) in [5, 5.41) is 0.597. The number of aryl methyl sites for hydroxylation is 1. The molecule has 2 aromatic rings. The van der Waals surface area contributed by atoms with Crippen molar-refractivity contribution in [1.82, 2.24) is 4.90 Å². The maximum atomic E-state index is 12.6. The number of hydrogen-bond acceptors (Lipinski definition) is 2. The normalized spacial score (nSPS) is 13.9. The highest BCUT2D eigenvalue weighted by Crippen LogP contribution is 2.25. The fourth-order valence-corrected chi connectivity index (χ4v) is 3.14. The predicted molar refractivity (Wildman–Crippen MR) is 85.5 cm³/mol. The van der Waals surface area contributed by atoms with E-state index in [0.717, 1.165) is 23.2 Å². The zero-order valence-corrected chi connectivity index (χ0v) is 12.7. The smallest absolute Gasteiger partial charge is 0.254 e. The molecule has 2 N–H and O–H groups in total. The molecule has 0 spiro atoms. The van der Waals surface area contributed by atoms with E-state index in [1.807, 2.05) is 42.2 Å². The number of nitrogens with zero attached hydrogens (tertiary/aromatic N) is 1. The summed E-state index contributed by atoms with van der Waals surface area (Å²) < 4.78 is 0. The third-order valence-electron chi connectivity index (χ3n) is 3.88. The van der Waals surface area contributed by atoms with Crippen molar-refractivity contribution in [2.24, 2.45) is 0 Å². The minimum atomic E-state index is 0.0219. The number of anilines is 1. The number of fused-ring (bicyclic) bond motifs is 1. The first-order chi connectivity index (χ1) is 10.0. The van der Waals surface area contributed by atoms with Gasteiger partial charge in [-0.05, 0) is 54.3 Å². The van der Waals surface area contributed by atoms with Gasteiger partial charge in [0.25, 0.3) is 5.91 Å². The molecule has 0 saturated carbocycles. The van der Waals surface area contributed by atoms with E-state index in [1.165, 1.54) is 5.56 Å². The Morgan fingerprint density at radius 3 is 2.86 bits per heavy atom. The van der Waals surface area contributed by atoms with Crippen molar-refractivity contribution in [2.75, 3.05) is 12.3 Å². The lowest BCUT2D eigenvalue weighted by Gasteiger charge is -2.29. The monoisotopic (exact) mass is 300 g/mol. The number of hydrogen-bond donors (Lipinski definition) is 1. The van der Waals surface area contributed by atoms with Crippen molar-refractivity contribution in [1.29, 1.82) is 0 Å². The highest BCUT2D eigenvalue weighted by atomic mass is 35.5. The van der Waals surface area contributed by atoms with Crippen LogP contribution in [0.4, 0.5) is 5.69 Å². The number of halogens is 1. The van der Waals surface area contributed by atoms with E-state index in [-0.39, 0.29) is 5.91 Å². The first-order valence-electron chi connectivity index (χ1n) is 6.97. The van der Waals surface area contributed by atoms with Crippen LogP contribution in [0, 0.1) is 6.92 Å². The van der Waals surface area contributed by atoms with Crippen LogP contribution in [-0.2, 0) is 13.0 Å². The van der Waals surface area contributed by atoms with E-state index in [4.69, 9.17) is 17.3 Å². The van der Waals surface area contributed by atoms with E-state index in [0.29, 0.717) is 23.7 Å². The van der Waals surface area contributed by atoms with Crippen molar-refractivity contribution in [3.63, 3.8) is 0 Å². The summed E-state index contributed by atoms with van der Waals surface area (Å²) in [6.45, 7) is 3.23. The van der Waals surface area contributed by atoms with Crippen LogP contribution in [0.25, 0.3) is 0 Å². The molecule has 108 valence electrons. The van der Waals surface area contributed by atoms with Gasteiger partial charge in [-0.15, -0.1) is 0 Å². The Hall–Kier alpha value is -2.00. The van der Waals surface area contributed by atoms with Gasteiger partial charge in [0.05, 0.1) is 0 Å². The van der Waals surface area contributed by atoms with Crippen LogP contribution in [-0.4, -0.2) is 17.4 Å². The first kappa shape index (κ1) is 14.0. The molecular formula is C17H17ClN2O. The molecule has 3 nitrogen and oxygen atoms in total. The number of nitrogen functional groups attached to an aromatic ring is 1. The van der Waals surface area contributed by atoms with Gasteiger partial charge in [-0.25, -0.2) is 0 Å². The first-order valence-corrected chi connectivity index (χ1v) is 7.35. The second-order valence-corrected chi connectivity index (χ2v) is 5.92. The van der Waals surface area contributed by atoms with Gasteiger partial charge in [-0.3, -0.25) is 4.79 Å². The number of benzene rings is 2. The number of amides is 1. The molecule has 0 aliphatic carbocycles. The molecule has 1 aliphatic rings. The highest BCUT2D eigenvalue weighted by molar-refractivity contribution is 6.31. The van der Waals surface area contributed by atoms with E-state index in [9.17, 15) is 4.79 Å². The number of rotatable bonds is 1. The molecule has 1 amide bonds. The van der Waals surface area contributed by atoms with Gasteiger partial charge in [-0.2, -0.15) is 0 Å². The SMILES string of the molecule is Cc1cc(Cl)cc(C(=O)N2CCc3c(N)cccc3C2)c1. The van der Waals surface area contributed by atoms with E-state index in [1.54, 1.807) is 6.07 Å². The van der Waals surface area contributed by atoms with E-state index >= 15 is 0 Å². The highest BCUT2D eigenvalue weighted by Gasteiger charge is 2.23. The number of carbonyl (C=O) groups excluding carboxylic acids is 1. The molecule has 21 heavy (non-hydrogen) atoms. The maximum Gasteiger partial charge on any atom is 0.254 e.